The number of sulfonamides is 1. The van der Waals surface area contributed by atoms with Crippen molar-refractivity contribution in [1.29, 1.82) is 0 Å². The van der Waals surface area contributed by atoms with Crippen LogP contribution in [0.4, 0.5) is 0 Å². The monoisotopic (exact) mass is 453 g/mol. The average Bonchev–Trinajstić information content (AvgIpc) is 2.75. The third-order valence-corrected chi connectivity index (χ3v) is 6.85. The van der Waals surface area contributed by atoms with Crippen LogP contribution in [-0.2, 0) is 10.0 Å². The predicted octanol–water partition coefficient (Wildman–Crippen LogP) is 7.75. The quantitative estimate of drug-likeness (QED) is 0.193. The molecule has 4 nitrogen and oxygen atoms in total. The highest BCUT2D eigenvalue weighted by Crippen LogP contribution is 2.16. The van der Waals surface area contributed by atoms with Crippen molar-refractivity contribution in [3.8, 4) is 5.75 Å². The van der Waals surface area contributed by atoms with Gasteiger partial charge in [-0.1, -0.05) is 116 Å². The van der Waals surface area contributed by atoms with Crippen LogP contribution in [-0.4, -0.2) is 15.0 Å². The van der Waals surface area contributed by atoms with Gasteiger partial charge >= 0.3 is 0 Å². The summed E-state index contributed by atoms with van der Waals surface area (Å²) >= 11 is 0. The highest BCUT2D eigenvalue weighted by molar-refractivity contribution is 7.89. The van der Waals surface area contributed by atoms with Crippen molar-refractivity contribution in [2.24, 2.45) is 5.14 Å². The van der Waals surface area contributed by atoms with Gasteiger partial charge in [0.25, 0.3) is 0 Å². The molecule has 0 saturated carbocycles. The van der Waals surface area contributed by atoms with Crippen LogP contribution in [0.3, 0.4) is 0 Å². The van der Waals surface area contributed by atoms with E-state index in [2.05, 4.69) is 6.92 Å². The van der Waals surface area contributed by atoms with Gasteiger partial charge in [0.05, 0.1) is 11.5 Å². The maximum Gasteiger partial charge on any atom is 0.238 e. The predicted molar refractivity (Wildman–Crippen MR) is 132 cm³/mol. The van der Waals surface area contributed by atoms with E-state index in [9.17, 15) is 8.42 Å². The van der Waals surface area contributed by atoms with Crippen molar-refractivity contribution in [2.75, 3.05) is 6.61 Å². The second-order valence-electron chi connectivity index (χ2n) is 8.88. The first-order chi connectivity index (χ1) is 15.0. The number of unbranched alkanes of at least 4 members (excludes halogenated alkanes) is 17. The lowest BCUT2D eigenvalue weighted by Gasteiger charge is -2.07. The number of hydrogen-bond acceptors (Lipinski definition) is 3. The Balaban J connectivity index is 1.80. The molecule has 0 aromatic heterocycles. The number of hydrogen-bond donors (Lipinski definition) is 1. The summed E-state index contributed by atoms with van der Waals surface area (Å²) in [6.45, 7) is 2.96. The third kappa shape index (κ3) is 16.3. The molecule has 0 fully saturated rings. The Kier molecular flexibility index (Phi) is 16.7. The van der Waals surface area contributed by atoms with E-state index in [1.54, 1.807) is 12.1 Å². The Bertz CT molecular complexity index is 629. The normalized spacial score (nSPS) is 11.7. The number of rotatable bonds is 21. The smallest absolute Gasteiger partial charge is 0.238 e. The Morgan fingerprint density at radius 3 is 1.32 bits per heavy atom. The second-order valence-corrected chi connectivity index (χ2v) is 10.4. The molecule has 1 aromatic carbocycles. The molecule has 0 aliphatic rings. The fraction of sp³-hybridized carbons (Fsp3) is 0.769. The summed E-state index contributed by atoms with van der Waals surface area (Å²) in [7, 11) is -3.63. The standard InChI is InChI=1S/C26H47NO3S/c1-2-3-4-5-6-7-8-9-10-11-12-13-14-15-16-17-18-19-24-30-25-20-22-26(23-21-25)31(27,28)29/h20-23H,2-19,24H2,1H3,(H2,27,28,29). The molecule has 0 heterocycles. The first kappa shape index (κ1) is 28.0. The molecule has 0 bridgehead atoms. The Morgan fingerprint density at radius 2 is 0.968 bits per heavy atom. The minimum absolute atomic E-state index is 0.119. The van der Waals surface area contributed by atoms with E-state index in [0.29, 0.717) is 12.4 Å². The summed E-state index contributed by atoms with van der Waals surface area (Å²) in [6, 6.07) is 6.29. The van der Waals surface area contributed by atoms with E-state index < -0.39 is 10.0 Å². The van der Waals surface area contributed by atoms with Gasteiger partial charge < -0.3 is 4.74 Å². The minimum atomic E-state index is -3.63. The van der Waals surface area contributed by atoms with Crippen molar-refractivity contribution >= 4 is 10.0 Å². The van der Waals surface area contributed by atoms with Gasteiger partial charge in [0.2, 0.25) is 10.0 Å². The maximum absolute atomic E-state index is 11.2. The van der Waals surface area contributed by atoms with Gasteiger partial charge in [0, 0.05) is 0 Å². The van der Waals surface area contributed by atoms with Gasteiger partial charge in [-0.2, -0.15) is 0 Å². The van der Waals surface area contributed by atoms with E-state index in [1.165, 1.54) is 121 Å². The molecule has 0 atom stereocenters. The van der Waals surface area contributed by atoms with Gasteiger partial charge in [-0.3, -0.25) is 0 Å². The number of primary sulfonamides is 1. The summed E-state index contributed by atoms with van der Waals surface area (Å²) < 4.78 is 28.1. The minimum Gasteiger partial charge on any atom is -0.494 e. The molecule has 0 unspecified atom stereocenters. The lowest BCUT2D eigenvalue weighted by Crippen LogP contribution is -2.11. The van der Waals surface area contributed by atoms with Crippen LogP contribution in [0, 0.1) is 0 Å². The van der Waals surface area contributed by atoms with Crippen LogP contribution in [0.15, 0.2) is 29.2 Å². The summed E-state index contributed by atoms with van der Waals surface area (Å²) in [5, 5.41) is 5.09. The number of benzene rings is 1. The van der Waals surface area contributed by atoms with Gasteiger partial charge in [-0.25, -0.2) is 13.6 Å². The molecule has 0 aliphatic carbocycles. The number of ether oxygens (including phenoxy) is 1. The highest BCUT2D eigenvalue weighted by atomic mass is 32.2. The lowest BCUT2D eigenvalue weighted by molar-refractivity contribution is 0.304. The van der Waals surface area contributed by atoms with Crippen molar-refractivity contribution in [1.82, 2.24) is 0 Å². The number of nitrogens with two attached hydrogens (primary N) is 1. The Labute approximate surface area is 192 Å². The molecular weight excluding hydrogens is 406 g/mol. The molecule has 0 spiro atoms. The second kappa shape index (κ2) is 18.5. The zero-order valence-corrected chi connectivity index (χ0v) is 20.8. The summed E-state index contributed by atoms with van der Waals surface area (Å²) in [6.07, 6.45) is 24.6. The Morgan fingerprint density at radius 1 is 0.613 bits per heavy atom. The van der Waals surface area contributed by atoms with E-state index >= 15 is 0 Å². The molecule has 31 heavy (non-hydrogen) atoms. The molecule has 0 aliphatic heterocycles. The fourth-order valence-electron chi connectivity index (χ4n) is 3.92. The molecule has 0 radical (unpaired) electrons. The third-order valence-electron chi connectivity index (χ3n) is 5.92. The van der Waals surface area contributed by atoms with Crippen LogP contribution in [0.25, 0.3) is 0 Å². The van der Waals surface area contributed by atoms with Crippen LogP contribution in [0.2, 0.25) is 0 Å². The van der Waals surface area contributed by atoms with E-state index in [4.69, 9.17) is 9.88 Å². The zero-order chi connectivity index (χ0) is 22.6. The largest absolute Gasteiger partial charge is 0.494 e. The molecule has 180 valence electrons. The highest BCUT2D eigenvalue weighted by Gasteiger charge is 2.06. The SMILES string of the molecule is CCCCCCCCCCCCCCCCCCCCOc1ccc(S(N)(=O)=O)cc1. The molecule has 5 heteroatoms. The lowest BCUT2D eigenvalue weighted by atomic mass is 10.0. The molecule has 2 N–H and O–H groups in total. The molecule has 1 rings (SSSR count). The zero-order valence-electron chi connectivity index (χ0n) is 20.0. The topological polar surface area (TPSA) is 69.4 Å². The van der Waals surface area contributed by atoms with E-state index in [-0.39, 0.29) is 4.90 Å². The van der Waals surface area contributed by atoms with Crippen LogP contribution in [0.1, 0.15) is 122 Å². The fourth-order valence-corrected chi connectivity index (χ4v) is 4.43. The molecule has 0 saturated heterocycles. The van der Waals surface area contributed by atoms with E-state index in [0.717, 1.165) is 6.42 Å². The molecular formula is C26H47NO3S. The molecule has 0 amide bonds. The first-order valence-corrected chi connectivity index (χ1v) is 14.3. The van der Waals surface area contributed by atoms with E-state index in [1.807, 2.05) is 0 Å². The van der Waals surface area contributed by atoms with Crippen molar-refractivity contribution in [2.45, 2.75) is 127 Å². The van der Waals surface area contributed by atoms with Gasteiger partial charge in [-0.15, -0.1) is 0 Å². The average molecular weight is 454 g/mol. The van der Waals surface area contributed by atoms with Crippen LogP contribution >= 0.6 is 0 Å². The first-order valence-electron chi connectivity index (χ1n) is 12.8. The van der Waals surface area contributed by atoms with Crippen LogP contribution < -0.4 is 9.88 Å². The van der Waals surface area contributed by atoms with Gasteiger partial charge in [-0.05, 0) is 30.7 Å². The maximum atomic E-state index is 11.2. The van der Waals surface area contributed by atoms with Crippen molar-refractivity contribution in [3.05, 3.63) is 24.3 Å². The van der Waals surface area contributed by atoms with Crippen molar-refractivity contribution < 1.29 is 13.2 Å². The Hall–Kier alpha value is -1.07. The van der Waals surface area contributed by atoms with Crippen LogP contribution in [0.5, 0.6) is 5.75 Å². The van der Waals surface area contributed by atoms with Crippen molar-refractivity contribution in [3.63, 3.8) is 0 Å². The summed E-state index contributed by atoms with van der Waals surface area (Å²) in [5.74, 6) is 0.694. The van der Waals surface area contributed by atoms with Gasteiger partial charge in [0.1, 0.15) is 5.75 Å². The summed E-state index contributed by atoms with van der Waals surface area (Å²) in [4.78, 5) is 0.119. The molecule has 1 aromatic rings. The van der Waals surface area contributed by atoms with Gasteiger partial charge in [0.15, 0.2) is 0 Å². The summed E-state index contributed by atoms with van der Waals surface area (Å²) in [5.41, 5.74) is 0.